The van der Waals surface area contributed by atoms with Crippen LogP contribution in [0.2, 0.25) is 0 Å². The number of nitrogens with two attached hydrogens (primary N) is 1. The van der Waals surface area contributed by atoms with E-state index in [0.29, 0.717) is 11.0 Å². The lowest BCUT2D eigenvalue weighted by Gasteiger charge is -2.16. The van der Waals surface area contributed by atoms with E-state index in [0.717, 1.165) is 17.8 Å². The Morgan fingerprint density at radius 3 is 2.53 bits per heavy atom. The third-order valence-corrected chi connectivity index (χ3v) is 3.70. The number of carbonyl (C=O) groups excluding carboxylic acids is 1. The van der Waals surface area contributed by atoms with Crippen LogP contribution < -0.4 is 11.1 Å². The van der Waals surface area contributed by atoms with E-state index < -0.39 is 6.04 Å². The van der Waals surface area contributed by atoms with E-state index in [1.807, 2.05) is 13.8 Å². The zero-order valence-corrected chi connectivity index (χ0v) is 13.5. The van der Waals surface area contributed by atoms with Gasteiger partial charge in [0.2, 0.25) is 11.0 Å². The summed E-state index contributed by atoms with van der Waals surface area (Å²) in [5.74, 6) is 0.508. The molecule has 0 aromatic carbocycles. The van der Waals surface area contributed by atoms with Gasteiger partial charge in [0.15, 0.2) is 0 Å². The molecule has 0 aliphatic rings. The third-order valence-electron chi connectivity index (χ3n) is 2.84. The zero-order valence-electron chi connectivity index (χ0n) is 11.8. The molecule has 19 heavy (non-hydrogen) atoms. The average Bonchev–Trinajstić information content (AvgIpc) is 2.73. The first-order valence-electron chi connectivity index (χ1n) is 6.32. The second kappa shape index (κ2) is 8.45. The largest absolute Gasteiger partial charge is 0.320 e. The zero-order chi connectivity index (χ0) is 13.7. The summed E-state index contributed by atoms with van der Waals surface area (Å²) in [6.45, 7) is 8.23. The summed E-state index contributed by atoms with van der Waals surface area (Å²) in [5.41, 5.74) is 5.85. The minimum absolute atomic E-state index is 0. The van der Waals surface area contributed by atoms with Crippen molar-refractivity contribution in [2.45, 2.75) is 46.6 Å². The van der Waals surface area contributed by atoms with Gasteiger partial charge < -0.3 is 5.73 Å². The SMILES string of the molecule is CCC(C)C(N)C(=O)Nc1nnc(CC(C)C)s1.Cl. The first-order valence-corrected chi connectivity index (χ1v) is 7.14. The number of nitrogens with zero attached hydrogens (tertiary/aromatic N) is 2. The number of carbonyl (C=O) groups is 1. The Morgan fingerprint density at radius 2 is 2.00 bits per heavy atom. The highest BCUT2D eigenvalue weighted by molar-refractivity contribution is 7.15. The minimum atomic E-state index is -0.493. The molecule has 0 fully saturated rings. The van der Waals surface area contributed by atoms with Gasteiger partial charge in [-0.25, -0.2) is 0 Å². The van der Waals surface area contributed by atoms with Gasteiger partial charge in [-0.05, 0) is 11.8 Å². The summed E-state index contributed by atoms with van der Waals surface area (Å²) in [7, 11) is 0. The van der Waals surface area contributed by atoms with Gasteiger partial charge in [0.25, 0.3) is 0 Å². The third kappa shape index (κ3) is 5.84. The molecule has 1 aromatic rings. The lowest BCUT2D eigenvalue weighted by molar-refractivity contribution is -0.118. The normalized spacial score (nSPS) is 13.8. The lowest BCUT2D eigenvalue weighted by Crippen LogP contribution is -2.40. The van der Waals surface area contributed by atoms with Crippen molar-refractivity contribution in [3.05, 3.63) is 5.01 Å². The fraction of sp³-hybridized carbons (Fsp3) is 0.750. The highest BCUT2D eigenvalue weighted by Gasteiger charge is 2.20. The van der Waals surface area contributed by atoms with Crippen molar-refractivity contribution in [1.29, 1.82) is 0 Å². The molecule has 0 aliphatic heterocycles. The standard InChI is InChI=1S/C12H22N4OS.ClH/c1-5-8(4)10(13)11(17)14-12-16-15-9(18-12)6-7(2)3;/h7-8,10H,5-6,13H2,1-4H3,(H,14,16,17);1H. The molecule has 0 radical (unpaired) electrons. The van der Waals surface area contributed by atoms with Crippen LogP contribution in [-0.4, -0.2) is 22.1 Å². The first kappa shape index (κ1) is 18.3. The van der Waals surface area contributed by atoms with Gasteiger partial charge in [0.1, 0.15) is 5.01 Å². The predicted molar refractivity (Wildman–Crippen MR) is 81.8 cm³/mol. The molecule has 5 nitrogen and oxygen atoms in total. The number of anilines is 1. The Labute approximate surface area is 124 Å². The van der Waals surface area contributed by atoms with Crippen LogP contribution in [0.15, 0.2) is 0 Å². The molecule has 110 valence electrons. The van der Waals surface area contributed by atoms with Gasteiger partial charge in [-0.1, -0.05) is 45.5 Å². The van der Waals surface area contributed by atoms with E-state index in [9.17, 15) is 4.79 Å². The molecule has 2 unspecified atom stereocenters. The molecule has 0 bridgehead atoms. The van der Waals surface area contributed by atoms with Crippen molar-refractivity contribution >= 4 is 34.8 Å². The molecule has 0 saturated carbocycles. The summed E-state index contributed by atoms with van der Waals surface area (Å²) in [4.78, 5) is 11.8. The van der Waals surface area contributed by atoms with Gasteiger partial charge in [-0.3, -0.25) is 10.1 Å². The Hall–Kier alpha value is -0.720. The van der Waals surface area contributed by atoms with Gasteiger partial charge in [0.05, 0.1) is 6.04 Å². The fourth-order valence-corrected chi connectivity index (χ4v) is 2.39. The molecule has 1 heterocycles. The first-order chi connectivity index (χ1) is 8.43. The van der Waals surface area contributed by atoms with Crippen molar-refractivity contribution in [2.75, 3.05) is 5.32 Å². The maximum absolute atomic E-state index is 11.8. The van der Waals surface area contributed by atoms with Crippen molar-refractivity contribution in [1.82, 2.24) is 10.2 Å². The molecule has 7 heteroatoms. The smallest absolute Gasteiger partial charge is 0.243 e. The molecule has 0 saturated heterocycles. The monoisotopic (exact) mass is 306 g/mol. The molecule has 0 spiro atoms. The number of hydrogen-bond acceptors (Lipinski definition) is 5. The summed E-state index contributed by atoms with van der Waals surface area (Å²) in [5, 5.41) is 12.2. The number of aromatic nitrogens is 2. The van der Waals surface area contributed by atoms with Crippen LogP contribution in [0.5, 0.6) is 0 Å². The molecule has 3 N–H and O–H groups in total. The van der Waals surface area contributed by atoms with Gasteiger partial charge in [-0.15, -0.1) is 22.6 Å². The molecular formula is C12H23ClN4OS. The molecule has 1 aromatic heterocycles. The summed E-state index contributed by atoms with van der Waals surface area (Å²) in [6.07, 6.45) is 1.76. The molecule has 1 amide bonds. The minimum Gasteiger partial charge on any atom is -0.320 e. The molecule has 1 rings (SSSR count). The van der Waals surface area contributed by atoms with E-state index in [4.69, 9.17) is 5.73 Å². The molecule has 2 atom stereocenters. The van der Waals surface area contributed by atoms with Crippen LogP contribution >= 0.6 is 23.7 Å². The second-order valence-corrected chi connectivity index (χ2v) is 6.06. The fourth-order valence-electron chi connectivity index (χ4n) is 1.44. The van der Waals surface area contributed by atoms with Gasteiger partial charge in [0, 0.05) is 6.42 Å². The van der Waals surface area contributed by atoms with Gasteiger partial charge in [-0.2, -0.15) is 0 Å². The van der Waals surface area contributed by atoms with Crippen LogP contribution in [0.25, 0.3) is 0 Å². The highest BCUT2D eigenvalue weighted by atomic mass is 35.5. The van der Waals surface area contributed by atoms with Crippen LogP contribution in [-0.2, 0) is 11.2 Å². The van der Waals surface area contributed by atoms with Crippen LogP contribution in [0.3, 0.4) is 0 Å². The predicted octanol–water partition coefficient (Wildman–Crippen LogP) is 2.47. The number of rotatable bonds is 6. The van der Waals surface area contributed by atoms with E-state index in [-0.39, 0.29) is 24.2 Å². The van der Waals surface area contributed by atoms with Crippen molar-refractivity contribution in [2.24, 2.45) is 17.6 Å². The van der Waals surface area contributed by atoms with Crippen molar-refractivity contribution < 1.29 is 4.79 Å². The van der Waals surface area contributed by atoms with E-state index in [2.05, 4.69) is 29.4 Å². The maximum Gasteiger partial charge on any atom is 0.243 e. The average molecular weight is 307 g/mol. The summed E-state index contributed by atoms with van der Waals surface area (Å²) >= 11 is 1.42. The van der Waals surface area contributed by atoms with E-state index in [1.54, 1.807) is 0 Å². The molecule has 0 aliphatic carbocycles. The number of halogens is 1. The van der Waals surface area contributed by atoms with Crippen LogP contribution in [0, 0.1) is 11.8 Å². The van der Waals surface area contributed by atoms with Gasteiger partial charge >= 0.3 is 0 Å². The van der Waals surface area contributed by atoms with E-state index in [1.165, 1.54) is 11.3 Å². The van der Waals surface area contributed by atoms with Crippen LogP contribution in [0.1, 0.15) is 39.1 Å². The number of hydrogen-bond donors (Lipinski definition) is 2. The topological polar surface area (TPSA) is 80.9 Å². The summed E-state index contributed by atoms with van der Waals surface area (Å²) in [6, 6.07) is -0.493. The maximum atomic E-state index is 11.8. The van der Waals surface area contributed by atoms with Crippen LogP contribution in [0.4, 0.5) is 5.13 Å². The molecular weight excluding hydrogens is 284 g/mol. The van der Waals surface area contributed by atoms with E-state index >= 15 is 0 Å². The lowest BCUT2D eigenvalue weighted by atomic mass is 10.00. The number of nitrogens with one attached hydrogen (secondary N) is 1. The van der Waals surface area contributed by atoms with Crippen molar-refractivity contribution in [3.8, 4) is 0 Å². The quantitative estimate of drug-likeness (QED) is 0.846. The Bertz CT molecular complexity index is 397. The Balaban J connectivity index is 0.00000324. The Morgan fingerprint density at radius 1 is 1.37 bits per heavy atom. The van der Waals surface area contributed by atoms with Crippen molar-refractivity contribution in [3.63, 3.8) is 0 Å². The Kier molecular flexibility index (Phi) is 8.13. The highest BCUT2D eigenvalue weighted by Crippen LogP contribution is 2.19. The second-order valence-electron chi connectivity index (χ2n) is 5.00. The summed E-state index contributed by atoms with van der Waals surface area (Å²) < 4.78 is 0. The number of amides is 1.